The molecular formula is C17H23NO5. The fourth-order valence-corrected chi connectivity index (χ4v) is 2.98. The number of hydrogen-bond acceptors (Lipinski definition) is 5. The summed E-state index contributed by atoms with van der Waals surface area (Å²) in [5.41, 5.74) is 0. The van der Waals surface area contributed by atoms with Gasteiger partial charge in [0.25, 0.3) is 5.91 Å². The highest BCUT2D eigenvalue weighted by molar-refractivity contribution is 5.77. The number of amides is 1. The summed E-state index contributed by atoms with van der Waals surface area (Å²) < 4.78 is 21.7. The van der Waals surface area contributed by atoms with E-state index in [4.69, 9.17) is 18.9 Å². The first-order valence-electron chi connectivity index (χ1n) is 8.04. The molecule has 2 aliphatic heterocycles. The summed E-state index contributed by atoms with van der Waals surface area (Å²) in [6, 6.07) is 7.22. The largest absolute Gasteiger partial charge is 0.497 e. The molecule has 0 N–H and O–H groups in total. The monoisotopic (exact) mass is 321 g/mol. The van der Waals surface area contributed by atoms with Gasteiger partial charge in [0.05, 0.1) is 20.3 Å². The van der Waals surface area contributed by atoms with Gasteiger partial charge in [-0.1, -0.05) is 0 Å². The quantitative estimate of drug-likeness (QED) is 0.826. The molecule has 0 aliphatic carbocycles. The average Bonchev–Trinajstić information content (AvgIpc) is 3.15. The number of nitrogens with zero attached hydrogens (tertiary/aromatic N) is 1. The minimum atomic E-state index is -0.0807. The van der Waals surface area contributed by atoms with E-state index in [0.717, 1.165) is 31.7 Å². The van der Waals surface area contributed by atoms with Gasteiger partial charge in [-0.05, 0) is 37.1 Å². The second-order valence-corrected chi connectivity index (χ2v) is 5.79. The van der Waals surface area contributed by atoms with Crippen LogP contribution < -0.4 is 9.47 Å². The molecule has 6 nitrogen and oxygen atoms in total. The minimum Gasteiger partial charge on any atom is -0.497 e. The lowest BCUT2D eigenvalue weighted by Crippen LogP contribution is -2.43. The number of piperidine rings is 1. The fraction of sp³-hybridized carbons (Fsp3) is 0.588. The van der Waals surface area contributed by atoms with Crippen molar-refractivity contribution in [1.82, 2.24) is 4.90 Å². The molecule has 0 aromatic heterocycles. The third kappa shape index (κ3) is 4.14. The highest BCUT2D eigenvalue weighted by Gasteiger charge is 2.31. The Morgan fingerprint density at radius 2 is 1.74 bits per heavy atom. The van der Waals surface area contributed by atoms with Gasteiger partial charge >= 0.3 is 0 Å². The Kier molecular flexibility index (Phi) is 5.35. The van der Waals surface area contributed by atoms with Crippen LogP contribution in [0, 0.1) is 5.92 Å². The van der Waals surface area contributed by atoms with Crippen molar-refractivity contribution >= 4 is 5.91 Å². The van der Waals surface area contributed by atoms with Crippen LogP contribution in [0.5, 0.6) is 11.5 Å². The minimum absolute atomic E-state index is 0.0209. The molecule has 0 radical (unpaired) electrons. The second kappa shape index (κ2) is 7.66. The molecule has 0 saturated carbocycles. The van der Waals surface area contributed by atoms with Crippen LogP contribution in [0.4, 0.5) is 0 Å². The predicted molar refractivity (Wildman–Crippen MR) is 83.5 cm³/mol. The zero-order valence-electron chi connectivity index (χ0n) is 13.4. The first kappa shape index (κ1) is 16.1. The molecule has 1 aromatic carbocycles. The second-order valence-electron chi connectivity index (χ2n) is 5.79. The van der Waals surface area contributed by atoms with Crippen molar-refractivity contribution in [2.24, 2.45) is 5.92 Å². The van der Waals surface area contributed by atoms with E-state index in [2.05, 4.69) is 0 Å². The highest BCUT2D eigenvalue weighted by Crippen LogP contribution is 2.26. The molecule has 126 valence electrons. The lowest BCUT2D eigenvalue weighted by molar-refractivity contribution is -0.138. The van der Waals surface area contributed by atoms with Gasteiger partial charge in [0.15, 0.2) is 12.9 Å². The van der Waals surface area contributed by atoms with Crippen LogP contribution in [0.1, 0.15) is 12.8 Å². The van der Waals surface area contributed by atoms with Gasteiger partial charge < -0.3 is 23.8 Å². The van der Waals surface area contributed by atoms with Gasteiger partial charge in [0, 0.05) is 19.0 Å². The van der Waals surface area contributed by atoms with Crippen LogP contribution in [0.25, 0.3) is 0 Å². The maximum absolute atomic E-state index is 12.2. The Labute approximate surface area is 136 Å². The number of hydrogen-bond donors (Lipinski definition) is 0. The highest BCUT2D eigenvalue weighted by atomic mass is 16.7. The van der Waals surface area contributed by atoms with Crippen LogP contribution in [0.15, 0.2) is 24.3 Å². The van der Waals surface area contributed by atoms with E-state index < -0.39 is 0 Å². The van der Waals surface area contributed by atoms with Crippen LogP contribution in [0.2, 0.25) is 0 Å². The number of rotatable bonds is 5. The molecule has 0 bridgehead atoms. The van der Waals surface area contributed by atoms with Crippen molar-refractivity contribution in [3.05, 3.63) is 24.3 Å². The zero-order valence-corrected chi connectivity index (χ0v) is 13.4. The summed E-state index contributed by atoms with van der Waals surface area (Å²) in [5, 5.41) is 0. The SMILES string of the molecule is COc1ccc(OCC(=O)N2CCC(C3OCCO3)CC2)cc1. The number of likely N-dealkylation sites (tertiary alicyclic amines) is 1. The first-order valence-corrected chi connectivity index (χ1v) is 8.04. The molecule has 1 aromatic rings. The molecule has 2 fully saturated rings. The number of methoxy groups -OCH3 is 1. The lowest BCUT2D eigenvalue weighted by Gasteiger charge is -2.33. The molecule has 2 aliphatic rings. The van der Waals surface area contributed by atoms with Crippen molar-refractivity contribution in [2.75, 3.05) is 40.0 Å². The lowest BCUT2D eigenvalue weighted by atomic mass is 9.96. The van der Waals surface area contributed by atoms with E-state index in [9.17, 15) is 4.79 Å². The van der Waals surface area contributed by atoms with Crippen LogP contribution in [-0.2, 0) is 14.3 Å². The molecule has 0 atom stereocenters. The van der Waals surface area contributed by atoms with E-state index in [1.54, 1.807) is 19.2 Å². The van der Waals surface area contributed by atoms with Crippen LogP contribution in [0.3, 0.4) is 0 Å². The summed E-state index contributed by atoms with van der Waals surface area (Å²) in [7, 11) is 1.62. The first-order chi connectivity index (χ1) is 11.3. The number of carbonyl (C=O) groups is 1. The summed E-state index contributed by atoms with van der Waals surface area (Å²) in [6.07, 6.45) is 1.75. The Balaban J connectivity index is 1.42. The van der Waals surface area contributed by atoms with Crippen molar-refractivity contribution in [3.8, 4) is 11.5 Å². The topological polar surface area (TPSA) is 57.2 Å². The van der Waals surface area contributed by atoms with Gasteiger partial charge in [-0.15, -0.1) is 0 Å². The van der Waals surface area contributed by atoms with Crippen LogP contribution in [-0.4, -0.2) is 57.1 Å². The molecule has 23 heavy (non-hydrogen) atoms. The average molecular weight is 321 g/mol. The van der Waals surface area contributed by atoms with Crippen molar-refractivity contribution in [2.45, 2.75) is 19.1 Å². The molecule has 2 heterocycles. The summed E-state index contributed by atoms with van der Waals surface area (Å²) in [5.74, 6) is 1.85. The molecule has 3 rings (SSSR count). The smallest absolute Gasteiger partial charge is 0.260 e. The number of ether oxygens (including phenoxy) is 4. The summed E-state index contributed by atoms with van der Waals surface area (Å²) >= 11 is 0. The maximum Gasteiger partial charge on any atom is 0.260 e. The Morgan fingerprint density at radius 1 is 1.13 bits per heavy atom. The summed E-state index contributed by atoms with van der Waals surface area (Å²) in [6.45, 7) is 2.89. The zero-order chi connectivity index (χ0) is 16.1. The van der Waals surface area contributed by atoms with Gasteiger partial charge in [-0.3, -0.25) is 4.79 Å². The van der Waals surface area contributed by atoms with E-state index in [-0.39, 0.29) is 18.8 Å². The fourth-order valence-electron chi connectivity index (χ4n) is 2.98. The summed E-state index contributed by atoms with van der Waals surface area (Å²) in [4.78, 5) is 14.1. The molecular weight excluding hydrogens is 298 g/mol. The van der Waals surface area contributed by atoms with E-state index in [1.165, 1.54) is 0 Å². The van der Waals surface area contributed by atoms with Crippen molar-refractivity contribution in [1.29, 1.82) is 0 Å². The molecule has 2 saturated heterocycles. The maximum atomic E-state index is 12.2. The van der Waals surface area contributed by atoms with Crippen LogP contribution >= 0.6 is 0 Å². The standard InChI is InChI=1S/C17H23NO5/c1-20-14-2-4-15(5-3-14)23-12-16(19)18-8-6-13(7-9-18)17-21-10-11-22-17/h2-5,13,17H,6-12H2,1H3. The Morgan fingerprint density at radius 3 is 2.35 bits per heavy atom. The van der Waals surface area contributed by atoms with E-state index in [0.29, 0.717) is 24.9 Å². The van der Waals surface area contributed by atoms with E-state index >= 15 is 0 Å². The third-order valence-corrected chi connectivity index (χ3v) is 4.35. The molecule has 0 unspecified atom stereocenters. The number of benzene rings is 1. The van der Waals surface area contributed by atoms with Gasteiger partial charge in [-0.25, -0.2) is 0 Å². The van der Waals surface area contributed by atoms with Crippen molar-refractivity contribution in [3.63, 3.8) is 0 Å². The van der Waals surface area contributed by atoms with Crippen molar-refractivity contribution < 1.29 is 23.7 Å². The predicted octanol–water partition coefficient (Wildman–Crippen LogP) is 1.69. The Hall–Kier alpha value is -1.79. The van der Waals surface area contributed by atoms with Gasteiger partial charge in [0.1, 0.15) is 11.5 Å². The normalized spacial score (nSPS) is 19.8. The van der Waals surface area contributed by atoms with Gasteiger partial charge in [-0.2, -0.15) is 0 Å². The molecule has 0 spiro atoms. The number of carbonyl (C=O) groups excluding carboxylic acids is 1. The van der Waals surface area contributed by atoms with E-state index in [1.807, 2.05) is 17.0 Å². The molecule has 6 heteroatoms. The molecule has 1 amide bonds. The third-order valence-electron chi connectivity index (χ3n) is 4.35. The Bertz CT molecular complexity index is 504. The van der Waals surface area contributed by atoms with Gasteiger partial charge in [0.2, 0.25) is 0 Å².